The molecule has 1 aromatic heterocycles. The van der Waals surface area contributed by atoms with Crippen LogP contribution in [0.25, 0.3) is 0 Å². The van der Waals surface area contributed by atoms with E-state index in [4.69, 9.17) is 14.2 Å². The van der Waals surface area contributed by atoms with Crippen LogP contribution in [-0.2, 0) is 6.54 Å². The van der Waals surface area contributed by atoms with Crippen LogP contribution in [0.1, 0.15) is 5.56 Å². The molecule has 9 heteroatoms. The van der Waals surface area contributed by atoms with Crippen molar-refractivity contribution in [3.63, 3.8) is 0 Å². The van der Waals surface area contributed by atoms with Gasteiger partial charge in [-0.05, 0) is 30.3 Å². The molecule has 0 fully saturated rings. The van der Waals surface area contributed by atoms with Crippen molar-refractivity contribution in [2.75, 3.05) is 20.2 Å². The van der Waals surface area contributed by atoms with Crippen molar-refractivity contribution in [3.05, 3.63) is 78.2 Å². The minimum absolute atomic E-state index is 0. The van der Waals surface area contributed by atoms with Gasteiger partial charge in [0, 0.05) is 31.4 Å². The smallest absolute Gasteiger partial charge is 0.224 e. The van der Waals surface area contributed by atoms with Crippen LogP contribution in [0.5, 0.6) is 23.1 Å². The Bertz CT molecular complexity index is 1070. The van der Waals surface area contributed by atoms with Gasteiger partial charge in [-0.15, -0.1) is 24.0 Å². The lowest BCUT2D eigenvalue weighted by molar-refractivity contribution is 0.0936. The molecule has 1 aliphatic heterocycles. The zero-order valence-corrected chi connectivity index (χ0v) is 19.8. The van der Waals surface area contributed by atoms with Gasteiger partial charge in [-0.2, -0.15) is 0 Å². The Morgan fingerprint density at radius 2 is 1.97 bits per heavy atom. The third-order valence-electron chi connectivity index (χ3n) is 4.60. The Morgan fingerprint density at radius 3 is 2.78 bits per heavy atom. The Balaban J connectivity index is 0.00000289. The zero-order valence-electron chi connectivity index (χ0n) is 17.5. The van der Waals surface area contributed by atoms with Crippen molar-refractivity contribution in [2.24, 2.45) is 4.99 Å². The van der Waals surface area contributed by atoms with Crippen molar-refractivity contribution in [3.8, 4) is 23.1 Å². The van der Waals surface area contributed by atoms with E-state index in [2.05, 4.69) is 20.6 Å². The largest absolute Gasteiger partial charge is 0.486 e. The number of ether oxygens (including phenoxy) is 3. The summed E-state index contributed by atoms with van der Waals surface area (Å²) in [6.45, 7) is 1.39. The molecule has 0 saturated carbocycles. The molecule has 1 atom stereocenters. The van der Waals surface area contributed by atoms with Crippen LogP contribution in [0.15, 0.2) is 71.9 Å². The summed E-state index contributed by atoms with van der Waals surface area (Å²) >= 11 is 0. The van der Waals surface area contributed by atoms with Crippen molar-refractivity contribution < 1.29 is 18.6 Å². The second-order valence-electron chi connectivity index (χ2n) is 6.83. The number of aromatic nitrogens is 1. The number of nitrogens with zero attached hydrogens (tertiary/aromatic N) is 2. The molecule has 1 unspecified atom stereocenters. The Hall–Kier alpha value is -3.08. The van der Waals surface area contributed by atoms with Crippen LogP contribution < -0.4 is 24.8 Å². The molecule has 0 amide bonds. The van der Waals surface area contributed by atoms with Gasteiger partial charge in [0.15, 0.2) is 17.5 Å². The average Bonchev–Trinajstić information content (AvgIpc) is 2.80. The number of halogens is 2. The predicted molar refractivity (Wildman–Crippen MR) is 131 cm³/mol. The second-order valence-corrected chi connectivity index (χ2v) is 6.83. The predicted octanol–water partition coefficient (Wildman–Crippen LogP) is 4.14. The molecule has 2 heterocycles. The first-order valence-electron chi connectivity index (χ1n) is 9.91. The van der Waals surface area contributed by atoms with Crippen molar-refractivity contribution in [1.29, 1.82) is 0 Å². The van der Waals surface area contributed by atoms with Gasteiger partial charge in [0.2, 0.25) is 5.88 Å². The fraction of sp³-hybridized carbons (Fsp3) is 0.217. The monoisotopic (exact) mass is 550 g/mol. The van der Waals surface area contributed by atoms with Crippen LogP contribution in [-0.4, -0.2) is 37.2 Å². The van der Waals surface area contributed by atoms with Crippen LogP contribution >= 0.6 is 24.0 Å². The quantitative estimate of drug-likeness (QED) is 0.273. The van der Waals surface area contributed by atoms with Gasteiger partial charge in [0.25, 0.3) is 0 Å². The fourth-order valence-electron chi connectivity index (χ4n) is 3.07. The van der Waals surface area contributed by atoms with E-state index >= 15 is 0 Å². The van der Waals surface area contributed by atoms with Crippen molar-refractivity contribution in [1.82, 2.24) is 15.6 Å². The van der Waals surface area contributed by atoms with E-state index in [9.17, 15) is 4.39 Å². The van der Waals surface area contributed by atoms with E-state index in [1.165, 1.54) is 12.1 Å². The molecule has 7 nitrogen and oxygen atoms in total. The second kappa shape index (κ2) is 11.5. The number of para-hydroxylation sites is 2. The van der Waals surface area contributed by atoms with E-state index < -0.39 is 0 Å². The first-order chi connectivity index (χ1) is 15.2. The summed E-state index contributed by atoms with van der Waals surface area (Å²) in [4.78, 5) is 8.51. The number of nitrogens with one attached hydrogen (secondary N) is 2. The molecule has 0 bridgehead atoms. The molecule has 0 aliphatic carbocycles. The molecule has 0 radical (unpaired) electrons. The van der Waals surface area contributed by atoms with Gasteiger partial charge < -0.3 is 24.8 Å². The topological polar surface area (TPSA) is 77.0 Å². The number of hydrogen-bond acceptors (Lipinski definition) is 5. The number of pyridine rings is 1. The summed E-state index contributed by atoms with van der Waals surface area (Å²) in [5, 5.41) is 6.47. The Morgan fingerprint density at radius 1 is 1.12 bits per heavy atom. The van der Waals surface area contributed by atoms with E-state index in [1.54, 1.807) is 25.4 Å². The number of benzene rings is 2. The first kappa shape index (κ1) is 23.6. The third-order valence-corrected chi connectivity index (χ3v) is 4.60. The molecule has 168 valence electrons. The molecule has 0 spiro atoms. The summed E-state index contributed by atoms with van der Waals surface area (Å²) < 4.78 is 30.9. The summed E-state index contributed by atoms with van der Waals surface area (Å²) in [6, 6.07) is 17.3. The molecule has 1 aliphatic rings. The number of fused-ring (bicyclic) bond motifs is 1. The van der Waals surface area contributed by atoms with E-state index in [1.807, 2.05) is 36.4 Å². The molecular weight excluding hydrogens is 526 g/mol. The molecule has 0 saturated heterocycles. The standard InChI is InChI=1S/C23H23FN4O3.HI/c1-25-23(28-14-19-15-29-20-9-2-3-10-21(20)30-19)27-13-16-6-5-11-26-22(16)31-18-8-4-7-17(24)12-18;/h2-12,19H,13-15H2,1H3,(H2,25,27,28);1H. The van der Waals surface area contributed by atoms with Crippen LogP contribution in [0, 0.1) is 5.82 Å². The van der Waals surface area contributed by atoms with Crippen LogP contribution in [0.4, 0.5) is 4.39 Å². The lowest BCUT2D eigenvalue weighted by Gasteiger charge is -2.27. The summed E-state index contributed by atoms with van der Waals surface area (Å²) in [5.41, 5.74) is 0.806. The Labute approximate surface area is 203 Å². The van der Waals surface area contributed by atoms with Crippen LogP contribution in [0.3, 0.4) is 0 Å². The van der Waals surface area contributed by atoms with Gasteiger partial charge in [0.1, 0.15) is 24.3 Å². The number of rotatable bonds is 6. The Kier molecular flexibility index (Phi) is 8.48. The lowest BCUT2D eigenvalue weighted by atomic mass is 10.2. The number of aliphatic imine (C=N–C) groups is 1. The highest BCUT2D eigenvalue weighted by atomic mass is 127. The highest BCUT2D eigenvalue weighted by Crippen LogP contribution is 2.30. The zero-order chi connectivity index (χ0) is 21.5. The maximum Gasteiger partial charge on any atom is 0.224 e. The summed E-state index contributed by atoms with van der Waals surface area (Å²) in [5.74, 6) is 2.51. The maximum absolute atomic E-state index is 13.4. The molecule has 4 rings (SSSR count). The first-order valence-corrected chi connectivity index (χ1v) is 9.91. The SMILES string of the molecule is CN=C(NCc1cccnc1Oc1cccc(F)c1)NCC1COc2ccccc2O1.I. The van der Waals surface area contributed by atoms with Crippen molar-refractivity contribution in [2.45, 2.75) is 12.6 Å². The molecule has 2 N–H and O–H groups in total. The molecule has 32 heavy (non-hydrogen) atoms. The van der Waals surface area contributed by atoms with Gasteiger partial charge in [-0.3, -0.25) is 4.99 Å². The maximum atomic E-state index is 13.4. The van der Waals surface area contributed by atoms with E-state index in [0.717, 1.165) is 17.1 Å². The summed E-state index contributed by atoms with van der Waals surface area (Å²) in [6.07, 6.45) is 1.49. The van der Waals surface area contributed by atoms with Crippen LogP contribution in [0.2, 0.25) is 0 Å². The van der Waals surface area contributed by atoms with E-state index in [-0.39, 0.29) is 35.9 Å². The number of hydrogen-bond donors (Lipinski definition) is 2. The highest BCUT2D eigenvalue weighted by Gasteiger charge is 2.20. The minimum Gasteiger partial charge on any atom is -0.486 e. The average molecular weight is 550 g/mol. The number of guanidine groups is 1. The summed E-state index contributed by atoms with van der Waals surface area (Å²) in [7, 11) is 1.69. The minimum atomic E-state index is -0.366. The molecular formula is C23H24FIN4O3. The van der Waals surface area contributed by atoms with Gasteiger partial charge in [-0.25, -0.2) is 9.37 Å². The van der Waals surface area contributed by atoms with Gasteiger partial charge in [0.05, 0.1) is 6.54 Å². The molecule has 2 aromatic carbocycles. The van der Waals surface area contributed by atoms with E-state index in [0.29, 0.717) is 37.3 Å². The highest BCUT2D eigenvalue weighted by molar-refractivity contribution is 14.0. The van der Waals surface area contributed by atoms with Gasteiger partial charge >= 0.3 is 0 Å². The fourth-order valence-corrected chi connectivity index (χ4v) is 3.07. The normalized spacial score (nSPS) is 14.8. The third kappa shape index (κ3) is 6.22. The van der Waals surface area contributed by atoms with Crippen molar-refractivity contribution >= 4 is 29.9 Å². The van der Waals surface area contributed by atoms with Gasteiger partial charge in [-0.1, -0.05) is 24.3 Å². The molecule has 3 aromatic rings. The lowest BCUT2D eigenvalue weighted by Crippen LogP contribution is -2.45.